The second kappa shape index (κ2) is 7.65. The van der Waals surface area contributed by atoms with Crippen molar-refractivity contribution in [1.29, 1.82) is 0 Å². The van der Waals surface area contributed by atoms with E-state index in [1.807, 2.05) is 0 Å². The Balaban J connectivity index is 2.83. The molecule has 0 aliphatic rings. The lowest BCUT2D eigenvalue weighted by Crippen LogP contribution is -2.28. The third-order valence-electron chi connectivity index (χ3n) is 2.28. The first-order chi connectivity index (χ1) is 9.45. The first-order valence-electron chi connectivity index (χ1n) is 5.93. The Morgan fingerprint density at radius 2 is 2.15 bits per heavy atom. The zero-order chi connectivity index (χ0) is 15.0. The van der Waals surface area contributed by atoms with Gasteiger partial charge in [0.1, 0.15) is 0 Å². The van der Waals surface area contributed by atoms with Crippen LogP contribution < -0.4 is 10.5 Å². The number of hydrogen-bond acceptors (Lipinski definition) is 4. The summed E-state index contributed by atoms with van der Waals surface area (Å²) in [6, 6.07) is 6.11. The minimum Gasteiger partial charge on any atom is -0.395 e. The van der Waals surface area contributed by atoms with Gasteiger partial charge in [0.2, 0.25) is 15.9 Å². The Morgan fingerprint density at radius 3 is 2.80 bits per heavy atom. The number of benzene rings is 1. The molecule has 0 heterocycles. The summed E-state index contributed by atoms with van der Waals surface area (Å²) in [6.07, 6.45) is 0.267. The molecule has 4 N–H and O–H groups in total. The topological polar surface area (TPSA) is 109 Å². The minimum atomic E-state index is -3.68. The van der Waals surface area contributed by atoms with Gasteiger partial charge in [0.25, 0.3) is 0 Å². The molecule has 1 amide bonds. The zero-order valence-corrected chi connectivity index (χ0v) is 11.6. The summed E-state index contributed by atoms with van der Waals surface area (Å²) in [4.78, 5) is 10.6. The van der Waals surface area contributed by atoms with Crippen LogP contribution in [0.3, 0.4) is 0 Å². The van der Waals surface area contributed by atoms with Crippen molar-refractivity contribution in [3.63, 3.8) is 0 Å². The maximum absolute atomic E-state index is 11.9. The Bertz CT molecular complexity index is 629. The number of primary amides is 1. The summed E-state index contributed by atoms with van der Waals surface area (Å²) in [6.45, 7) is -0.0856. The largest absolute Gasteiger partial charge is 0.395 e. The van der Waals surface area contributed by atoms with Crippen LogP contribution in [0.25, 0.3) is 0 Å². The van der Waals surface area contributed by atoms with E-state index in [0.717, 1.165) is 0 Å². The predicted octanol–water partition coefficient (Wildman–Crippen LogP) is -0.426. The third-order valence-corrected chi connectivity index (χ3v) is 3.74. The number of sulfonamides is 1. The molecule has 0 atom stereocenters. The van der Waals surface area contributed by atoms with Crippen molar-refractivity contribution in [2.24, 2.45) is 5.73 Å². The van der Waals surface area contributed by atoms with Gasteiger partial charge in [0.05, 0.1) is 11.5 Å². The number of nitrogens with one attached hydrogen (secondary N) is 1. The van der Waals surface area contributed by atoms with Crippen LogP contribution in [0.4, 0.5) is 0 Å². The van der Waals surface area contributed by atoms with Crippen LogP contribution in [0.15, 0.2) is 29.2 Å². The highest BCUT2D eigenvalue weighted by Gasteiger charge is 2.13. The molecular weight excluding hydrogens is 280 g/mol. The summed E-state index contributed by atoms with van der Waals surface area (Å²) in [5, 5.41) is 8.62. The lowest BCUT2D eigenvalue weighted by molar-refractivity contribution is -0.117. The first-order valence-corrected chi connectivity index (χ1v) is 7.42. The molecule has 0 spiro atoms. The monoisotopic (exact) mass is 296 g/mol. The number of amides is 1. The van der Waals surface area contributed by atoms with Crippen LogP contribution in [-0.2, 0) is 14.8 Å². The van der Waals surface area contributed by atoms with Gasteiger partial charge in [0, 0.05) is 24.9 Å². The number of rotatable bonds is 6. The molecule has 0 aromatic heterocycles. The second-order valence-electron chi connectivity index (χ2n) is 3.92. The van der Waals surface area contributed by atoms with Gasteiger partial charge < -0.3 is 10.8 Å². The van der Waals surface area contributed by atoms with E-state index in [9.17, 15) is 13.2 Å². The van der Waals surface area contributed by atoms with E-state index in [0.29, 0.717) is 12.0 Å². The Hall–Kier alpha value is -1.88. The highest BCUT2D eigenvalue weighted by atomic mass is 32.2. The fourth-order valence-electron chi connectivity index (χ4n) is 1.35. The molecule has 108 valence electrons. The lowest BCUT2D eigenvalue weighted by atomic mass is 10.2. The molecule has 0 saturated carbocycles. The molecule has 7 heteroatoms. The summed E-state index contributed by atoms with van der Waals surface area (Å²) < 4.78 is 26.2. The number of carbonyl (C=O) groups is 1. The quantitative estimate of drug-likeness (QED) is 0.619. The smallest absolute Gasteiger partial charge is 0.240 e. The van der Waals surface area contributed by atoms with Crippen molar-refractivity contribution in [2.75, 3.05) is 13.2 Å². The highest BCUT2D eigenvalue weighted by Crippen LogP contribution is 2.10. The molecule has 0 unspecified atom stereocenters. The molecule has 0 aliphatic heterocycles. The Morgan fingerprint density at radius 1 is 1.40 bits per heavy atom. The summed E-state index contributed by atoms with van der Waals surface area (Å²) in [5.41, 5.74) is 5.48. The van der Waals surface area contributed by atoms with Crippen LogP contribution in [0.5, 0.6) is 0 Å². The van der Waals surface area contributed by atoms with Crippen LogP contribution in [0, 0.1) is 11.8 Å². The van der Waals surface area contributed by atoms with Crippen molar-refractivity contribution < 1.29 is 18.3 Å². The third kappa shape index (κ3) is 5.40. The van der Waals surface area contributed by atoms with Crippen LogP contribution in [0.1, 0.15) is 18.4 Å². The normalized spacial score (nSPS) is 10.7. The van der Waals surface area contributed by atoms with Crippen LogP contribution >= 0.6 is 0 Å². The summed E-state index contributed by atoms with van der Waals surface area (Å²) in [7, 11) is -3.68. The molecule has 6 nitrogen and oxygen atoms in total. The molecule has 0 aliphatic carbocycles. The zero-order valence-electron chi connectivity index (χ0n) is 10.8. The van der Waals surface area contributed by atoms with E-state index in [1.165, 1.54) is 12.1 Å². The standard InChI is InChI=1S/C13H16N2O4S/c14-13(17)7-8-15-20(18,19)12-6-3-5-11(10-12)4-1-2-9-16/h3,5-6,10,15-16H,2,7-9H2,(H2,14,17). The van der Waals surface area contributed by atoms with E-state index in [4.69, 9.17) is 10.8 Å². The average Bonchev–Trinajstić information content (AvgIpc) is 2.39. The SMILES string of the molecule is NC(=O)CCNS(=O)(=O)c1cccc(C#CCCO)c1. The molecular formula is C13H16N2O4S. The Kier molecular flexibility index (Phi) is 6.18. The number of aliphatic hydroxyl groups excluding tert-OH is 1. The van der Waals surface area contributed by atoms with E-state index < -0.39 is 15.9 Å². The summed E-state index contributed by atoms with van der Waals surface area (Å²) in [5.74, 6) is 4.89. The molecule has 20 heavy (non-hydrogen) atoms. The van der Waals surface area contributed by atoms with E-state index in [-0.39, 0.29) is 24.5 Å². The average molecular weight is 296 g/mol. The number of nitrogens with two attached hydrogens (primary N) is 1. The van der Waals surface area contributed by atoms with Gasteiger partial charge in [-0.25, -0.2) is 13.1 Å². The highest BCUT2D eigenvalue weighted by molar-refractivity contribution is 7.89. The van der Waals surface area contributed by atoms with E-state index in [1.54, 1.807) is 12.1 Å². The van der Waals surface area contributed by atoms with Crippen LogP contribution in [-0.4, -0.2) is 32.6 Å². The van der Waals surface area contributed by atoms with Crippen molar-refractivity contribution >= 4 is 15.9 Å². The van der Waals surface area contributed by atoms with Gasteiger partial charge in [-0.05, 0) is 18.2 Å². The van der Waals surface area contributed by atoms with Gasteiger partial charge in [0.15, 0.2) is 0 Å². The van der Waals surface area contributed by atoms with Crippen molar-refractivity contribution in [2.45, 2.75) is 17.7 Å². The van der Waals surface area contributed by atoms with Crippen molar-refractivity contribution in [3.8, 4) is 11.8 Å². The van der Waals surface area contributed by atoms with Gasteiger partial charge in [-0.2, -0.15) is 0 Å². The van der Waals surface area contributed by atoms with Gasteiger partial charge in [-0.3, -0.25) is 4.79 Å². The molecule has 0 fully saturated rings. The number of hydrogen-bond donors (Lipinski definition) is 3. The van der Waals surface area contributed by atoms with Crippen molar-refractivity contribution in [3.05, 3.63) is 29.8 Å². The maximum atomic E-state index is 11.9. The van der Waals surface area contributed by atoms with Gasteiger partial charge >= 0.3 is 0 Å². The molecule has 1 aromatic carbocycles. The number of carbonyl (C=O) groups excluding carboxylic acids is 1. The molecule has 0 bridgehead atoms. The first kappa shape index (κ1) is 16.2. The molecule has 1 rings (SSSR count). The van der Waals surface area contributed by atoms with Crippen molar-refractivity contribution in [1.82, 2.24) is 4.72 Å². The van der Waals surface area contributed by atoms with Gasteiger partial charge in [-0.1, -0.05) is 17.9 Å². The lowest BCUT2D eigenvalue weighted by Gasteiger charge is -2.05. The number of aliphatic hydroxyl groups is 1. The molecule has 0 radical (unpaired) electrons. The fourth-order valence-corrected chi connectivity index (χ4v) is 2.43. The van der Waals surface area contributed by atoms with E-state index in [2.05, 4.69) is 16.6 Å². The predicted molar refractivity (Wildman–Crippen MR) is 74.0 cm³/mol. The van der Waals surface area contributed by atoms with Gasteiger partial charge in [-0.15, -0.1) is 0 Å². The van der Waals surface area contributed by atoms with E-state index >= 15 is 0 Å². The minimum absolute atomic E-state index is 0.0420. The molecule has 0 saturated heterocycles. The second-order valence-corrected chi connectivity index (χ2v) is 5.68. The maximum Gasteiger partial charge on any atom is 0.240 e. The van der Waals surface area contributed by atoms with Crippen LogP contribution in [0.2, 0.25) is 0 Å². The summed E-state index contributed by atoms with van der Waals surface area (Å²) >= 11 is 0. The fraction of sp³-hybridized carbons (Fsp3) is 0.308. The Labute approximate surface area is 118 Å². The molecule has 1 aromatic rings.